The van der Waals surface area contributed by atoms with Gasteiger partial charge in [0.15, 0.2) is 0 Å². The molecule has 0 atom stereocenters. The summed E-state index contributed by atoms with van der Waals surface area (Å²) in [5.41, 5.74) is 0.981. The molecule has 3 aromatic rings. The third-order valence-corrected chi connectivity index (χ3v) is 4.05. The van der Waals surface area contributed by atoms with Crippen LogP contribution in [0.4, 0.5) is 5.69 Å². The summed E-state index contributed by atoms with van der Waals surface area (Å²) in [5, 5.41) is 3.49. The highest BCUT2D eigenvalue weighted by Crippen LogP contribution is 2.40. The van der Waals surface area contributed by atoms with Crippen molar-refractivity contribution in [2.75, 3.05) is 0 Å². The van der Waals surface area contributed by atoms with Gasteiger partial charge >= 0.3 is 0 Å². The van der Waals surface area contributed by atoms with Crippen LogP contribution < -0.4 is 0 Å². The molecule has 1 aliphatic heterocycles. The van der Waals surface area contributed by atoms with Crippen molar-refractivity contribution in [1.82, 2.24) is 4.98 Å². The SMILES string of the molecule is C1=Cc2sc3cc4ccncc4cc3c2N=CN=1. The molecule has 0 amide bonds. The molecule has 0 aliphatic carbocycles. The molecule has 0 N–H and O–H groups in total. The second-order valence-corrected chi connectivity index (χ2v) is 5.12. The maximum absolute atomic E-state index is 4.39. The van der Waals surface area contributed by atoms with E-state index in [2.05, 4.69) is 33.0 Å². The van der Waals surface area contributed by atoms with E-state index >= 15 is 0 Å². The predicted octanol–water partition coefficient (Wildman–Crippen LogP) is 3.81. The molecular formula is C14H7N3S. The molecule has 0 saturated heterocycles. The lowest BCUT2D eigenvalue weighted by molar-refractivity contribution is 1.37. The molecule has 18 heavy (non-hydrogen) atoms. The first kappa shape index (κ1) is 9.71. The van der Waals surface area contributed by atoms with Crippen LogP contribution >= 0.6 is 11.3 Å². The summed E-state index contributed by atoms with van der Waals surface area (Å²) in [6.45, 7) is 0. The average molecular weight is 249 g/mol. The van der Waals surface area contributed by atoms with E-state index in [4.69, 9.17) is 0 Å². The van der Waals surface area contributed by atoms with E-state index in [1.807, 2.05) is 24.5 Å². The first-order valence-corrected chi connectivity index (χ1v) is 6.35. The van der Waals surface area contributed by atoms with Crippen molar-refractivity contribution in [2.45, 2.75) is 0 Å². The van der Waals surface area contributed by atoms with Gasteiger partial charge in [-0.15, -0.1) is 11.3 Å². The Kier molecular flexibility index (Phi) is 1.94. The topological polar surface area (TPSA) is 37.6 Å². The molecule has 84 valence electrons. The second kappa shape index (κ2) is 3.60. The van der Waals surface area contributed by atoms with E-state index in [-0.39, 0.29) is 0 Å². The van der Waals surface area contributed by atoms with Crippen molar-refractivity contribution in [3.05, 3.63) is 35.5 Å². The van der Waals surface area contributed by atoms with Crippen molar-refractivity contribution in [1.29, 1.82) is 0 Å². The average Bonchev–Trinajstić information content (AvgIpc) is 2.59. The highest BCUT2D eigenvalue weighted by molar-refractivity contribution is 7.20. The first-order chi connectivity index (χ1) is 8.92. The predicted molar refractivity (Wildman–Crippen MR) is 77.2 cm³/mol. The van der Waals surface area contributed by atoms with Gasteiger partial charge < -0.3 is 0 Å². The van der Waals surface area contributed by atoms with Crippen LogP contribution in [0.2, 0.25) is 0 Å². The lowest BCUT2D eigenvalue weighted by Crippen LogP contribution is -1.74. The minimum atomic E-state index is 0.981. The Morgan fingerprint density at radius 3 is 3.17 bits per heavy atom. The largest absolute Gasteiger partial charge is 0.264 e. The number of pyridine rings is 1. The molecule has 0 fully saturated rings. The maximum atomic E-state index is 4.39. The van der Waals surface area contributed by atoms with Gasteiger partial charge in [0.2, 0.25) is 0 Å². The Morgan fingerprint density at radius 2 is 2.17 bits per heavy atom. The number of nitrogens with zero attached hydrogens (tertiary/aromatic N) is 3. The van der Waals surface area contributed by atoms with Crippen LogP contribution in [0.25, 0.3) is 26.9 Å². The van der Waals surface area contributed by atoms with Gasteiger partial charge in [0.1, 0.15) is 6.34 Å². The van der Waals surface area contributed by atoms with Gasteiger partial charge in [-0.05, 0) is 29.5 Å². The minimum absolute atomic E-state index is 0.981. The summed E-state index contributed by atoms with van der Waals surface area (Å²) in [6.07, 6.45) is 7.13. The molecule has 3 nitrogen and oxygen atoms in total. The first-order valence-electron chi connectivity index (χ1n) is 5.53. The second-order valence-electron chi connectivity index (χ2n) is 4.03. The van der Waals surface area contributed by atoms with Crippen LogP contribution in [0.3, 0.4) is 0 Å². The van der Waals surface area contributed by atoms with Crippen LogP contribution in [0.1, 0.15) is 4.88 Å². The number of benzene rings is 1. The summed E-state index contributed by atoms with van der Waals surface area (Å²) in [5.74, 6) is 2.85. The summed E-state index contributed by atoms with van der Waals surface area (Å²) in [6, 6.07) is 6.36. The van der Waals surface area contributed by atoms with Gasteiger partial charge in [0.05, 0.1) is 10.6 Å². The van der Waals surface area contributed by atoms with E-state index in [1.54, 1.807) is 17.7 Å². The normalized spacial score (nSPS) is 13.1. The Labute approximate surface area is 107 Å². The van der Waals surface area contributed by atoms with Crippen molar-refractivity contribution >= 4 is 56.2 Å². The molecule has 3 heterocycles. The quantitative estimate of drug-likeness (QED) is 0.597. The zero-order chi connectivity index (χ0) is 11.9. The molecule has 1 aliphatic rings. The molecule has 4 heteroatoms. The summed E-state index contributed by atoms with van der Waals surface area (Å²) < 4.78 is 1.23. The molecule has 4 rings (SSSR count). The molecule has 0 saturated carbocycles. The molecule has 1 aromatic carbocycles. The Hall–Kier alpha value is -2.29. The molecule has 0 unspecified atom stereocenters. The van der Waals surface area contributed by atoms with Crippen molar-refractivity contribution < 1.29 is 0 Å². The van der Waals surface area contributed by atoms with Gasteiger partial charge in [-0.3, -0.25) is 4.98 Å². The molecule has 0 radical (unpaired) electrons. The fourth-order valence-electron chi connectivity index (χ4n) is 2.13. The van der Waals surface area contributed by atoms with Gasteiger partial charge in [-0.1, -0.05) is 0 Å². The van der Waals surface area contributed by atoms with E-state index in [9.17, 15) is 0 Å². The maximum Gasteiger partial charge on any atom is 0.126 e. The van der Waals surface area contributed by atoms with E-state index in [1.165, 1.54) is 10.1 Å². The summed E-state index contributed by atoms with van der Waals surface area (Å²) >= 11 is 1.72. The highest BCUT2D eigenvalue weighted by Gasteiger charge is 2.11. The standard InChI is InChI=1S/C14H7N3S/c1-3-15-7-10-5-11-13(6-9(1)10)18-12-2-4-16-8-17-14(11)12/h1-3,5-8H. The number of fused-ring (bicyclic) bond motifs is 4. The molecule has 2 aromatic heterocycles. The van der Waals surface area contributed by atoms with Crippen LogP contribution in [0.15, 0.2) is 40.6 Å². The fraction of sp³-hybridized carbons (Fsp3) is 0. The monoisotopic (exact) mass is 249 g/mol. The van der Waals surface area contributed by atoms with Crippen molar-refractivity contribution in [3.63, 3.8) is 0 Å². The van der Waals surface area contributed by atoms with Gasteiger partial charge in [-0.2, -0.15) is 4.99 Å². The van der Waals surface area contributed by atoms with E-state index in [0.29, 0.717) is 0 Å². The number of rotatable bonds is 0. The Morgan fingerprint density at radius 1 is 1.17 bits per heavy atom. The zero-order valence-corrected chi connectivity index (χ0v) is 10.1. The van der Waals surface area contributed by atoms with Crippen LogP contribution in [0, 0.1) is 0 Å². The van der Waals surface area contributed by atoms with Crippen LogP contribution in [0.5, 0.6) is 0 Å². The zero-order valence-electron chi connectivity index (χ0n) is 9.29. The molecule has 0 bridgehead atoms. The fourth-order valence-corrected chi connectivity index (χ4v) is 3.19. The van der Waals surface area contributed by atoms with Gasteiger partial charge in [0.25, 0.3) is 0 Å². The van der Waals surface area contributed by atoms with Gasteiger partial charge in [0, 0.05) is 33.9 Å². The summed E-state index contributed by atoms with van der Waals surface area (Å²) in [4.78, 5) is 13.6. The lowest BCUT2D eigenvalue weighted by Gasteiger charge is -1.97. The number of aliphatic imine (C=N–C) groups is 2. The molecule has 0 spiro atoms. The number of hydrogen-bond donors (Lipinski definition) is 0. The Balaban J connectivity index is 2.17. The Bertz CT molecular complexity index is 867. The van der Waals surface area contributed by atoms with Crippen LogP contribution in [-0.2, 0) is 0 Å². The third kappa shape index (κ3) is 1.34. The van der Waals surface area contributed by atoms with Crippen molar-refractivity contribution in [2.24, 2.45) is 9.98 Å². The van der Waals surface area contributed by atoms with Gasteiger partial charge in [-0.25, -0.2) is 4.99 Å². The van der Waals surface area contributed by atoms with E-state index in [0.717, 1.165) is 21.3 Å². The third-order valence-electron chi connectivity index (χ3n) is 2.96. The number of aromatic nitrogens is 1. The number of hydrogen-bond acceptors (Lipinski definition) is 4. The highest BCUT2D eigenvalue weighted by atomic mass is 32.1. The van der Waals surface area contributed by atoms with Crippen LogP contribution in [-0.4, -0.2) is 17.2 Å². The van der Waals surface area contributed by atoms with Crippen molar-refractivity contribution in [3.8, 4) is 0 Å². The minimum Gasteiger partial charge on any atom is -0.264 e. The number of thiophene rings is 1. The van der Waals surface area contributed by atoms with E-state index < -0.39 is 0 Å². The summed E-state index contributed by atoms with van der Waals surface area (Å²) in [7, 11) is 0. The lowest BCUT2D eigenvalue weighted by atomic mass is 10.1. The molecular weight excluding hydrogens is 242 g/mol. The smallest absolute Gasteiger partial charge is 0.126 e.